The van der Waals surface area contributed by atoms with Crippen LogP contribution in [0.1, 0.15) is 18.4 Å². The van der Waals surface area contributed by atoms with E-state index < -0.39 is 35.1 Å². The SMILES string of the molecule is CNC(=O)CCCNC(=O)Nc1cc(F)c(C(F)(F)F)c(F)c1. The largest absolute Gasteiger partial charge is 0.422 e. The maximum absolute atomic E-state index is 13.3. The van der Waals surface area contributed by atoms with E-state index in [1.165, 1.54) is 7.05 Å². The van der Waals surface area contributed by atoms with Crippen molar-refractivity contribution in [3.8, 4) is 0 Å². The molecule has 1 aromatic carbocycles. The molecule has 0 unspecified atom stereocenters. The lowest BCUT2D eigenvalue weighted by Crippen LogP contribution is -2.30. The van der Waals surface area contributed by atoms with Crippen molar-refractivity contribution < 1.29 is 31.5 Å². The van der Waals surface area contributed by atoms with Gasteiger partial charge in [-0.1, -0.05) is 0 Å². The van der Waals surface area contributed by atoms with Gasteiger partial charge in [-0.2, -0.15) is 13.2 Å². The minimum absolute atomic E-state index is 0.102. The molecule has 0 bridgehead atoms. The molecule has 0 aliphatic rings. The maximum Gasteiger partial charge on any atom is 0.422 e. The van der Waals surface area contributed by atoms with E-state index in [9.17, 15) is 31.5 Å². The summed E-state index contributed by atoms with van der Waals surface area (Å²) in [6.07, 6.45) is -4.68. The average Bonchev–Trinajstić information content (AvgIpc) is 2.40. The highest BCUT2D eigenvalue weighted by atomic mass is 19.4. The number of carbonyl (C=O) groups excluding carboxylic acids is 2. The van der Waals surface area contributed by atoms with Gasteiger partial charge in [0.05, 0.1) is 0 Å². The fourth-order valence-corrected chi connectivity index (χ4v) is 1.67. The lowest BCUT2D eigenvalue weighted by atomic mass is 10.1. The summed E-state index contributed by atoms with van der Waals surface area (Å²) in [6, 6.07) is -0.119. The third-order valence-corrected chi connectivity index (χ3v) is 2.73. The van der Waals surface area contributed by atoms with Crippen molar-refractivity contribution in [1.82, 2.24) is 10.6 Å². The van der Waals surface area contributed by atoms with E-state index >= 15 is 0 Å². The number of benzene rings is 1. The summed E-state index contributed by atoms with van der Waals surface area (Å²) in [5.41, 5.74) is -2.48. The van der Waals surface area contributed by atoms with Crippen LogP contribution in [-0.2, 0) is 11.0 Å². The van der Waals surface area contributed by atoms with E-state index in [-0.39, 0.29) is 18.9 Å². The molecule has 0 saturated carbocycles. The Kier molecular flexibility index (Phi) is 6.28. The molecule has 23 heavy (non-hydrogen) atoms. The van der Waals surface area contributed by atoms with Gasteiger partial charge in [0.25, 0.3) is 0 Å². The molecular formula is C13H14F5N3O2. The summed E-state index contributed by atoms with van der Waals surface area (Å²) in [5, 5.41) is 6.68. The summed E-state index contributed by atoms with van der Waals surface area (Å²) < 4.78 is 63.8. The van der Waals surface area contributed by atoms with Gasteiger partial charge in [-0.15, -0.1) is 0 Å². The monoisotopic (exact) mass is 339 g/mol. The molecule has 10 heteroatoms. The molecule has 0 atom stereocenters. The number of urea groups is 1. The molecular weight excluding hydrogens is 325 g/mol. The number of rotatable bonds is 5. The van der Waals surface area contributed by atoms with Crippen molar-refractivity contribution in [1.29, 1.82) is 0 Å². The van der Waals surface area contributed by atoms with Gasteiger partial charge in [0, 0.05) is 25.7 Å². The minimum atomic E-state index is -5.17. The zero-order chi connectivity index (χ0) is 17.6. The van der Waals surface area contributed by atoms with E-state index in [1.54, 1.807) is 0 Å². The molecule has 5 nitrogen and oxygen atoms in total. The van der Waals surface area contributed by atoms with Gasteiger partial charge in [0.15, 0.2) is 0 Å². The first kappa shape index (κ1) is 18.7. The predicted molar refractivity (Wildman–Crippen MR) is 71.7 cm³/mol. The van der Waals surface area contributed by atoms with Gasteiger partial charge in [-0.3, -0.25) is 4.79 Å². The van der Waals surface area contributed by atoms with Crippen LogP contribution >= 0.6 is 0 Å². The van der Waals surface area contributed by atoms with Gasteiger partial charge < -0.3 is 16.0 Å². The maximum atomic E-state index is 13.3. The third kappa shape index (κ3) is 5.72. The molecule has 1 rings (SSSR count). The number of nitrogens with one attached hydrogen (secondary N) is 3. The van der Waals surface area contributed by atoms with Crippen molar-refractivity contribution in [2.24, 2.45) is 0 Å². The molecule has 128 valence electrons. The molecule has 0 aromatic heterocycles. The molecule has 0 spiro atoms. The average molecular weight is 339 g/mol. The van der Waals surface area contributed by atoms with E-state index in [0.717, 1.165) is 0 Å². The van der Waals surface area contributed by atoms with Crippen LogP contribution in [0.4, 0.5) is 32.4 Å². The fraction of sp³-hybridized carbons (Fsp3) is 0.385. The molecule has 1 aromatic rings. The summed E-state index contributed by atoms with van der Waals surface area (Å²) in [7, 11) is 1.45. The first-order valence-corrected chi connectivity index (χ1v) is 6.46. The normalized spacial score (nSPS) is 11.0. The van der Waals surface area contributed by atoms with Crippen molar-refractivity contribution in [3.05, 3.63) is 29.3 Å². The fourth-order valence-electron chi connectivity index (χ4n) is 1.67. The van der Waals surface area contributed by atoms with Crippen LogP contribution in [-0.4, -0.2) is 25.5 Å². The highest BCUT2D eigenvalue weighted by Crippen LogP contribution is 2.34. The molecule has 3 N–H and O–H groups in total. The highest BCUT2D eigenvalue weighted by molar-refractivity contribution is 5.89. The second-order valence-electron chi connectivity index (χ2n) is 4.47. The lowest BCUT2D eigenvalue weighted by molar-refractivity contribution is -0.142. The highest BCUT2D eigenvalue weighted by Gasteiger charge is 2.38. The zero-order valence-electron chi connectivity index (χ0n) is 12.0. The number of amides is 3. The van der Waals surface area contributed by atoms with Gasteiger partial charge in [0.1, 0.15) is 17.2 Å². The molecule has 0 fully saturated rings. The van der Waals surface area contributed by atoms with Gasteiger partial charge in [-0.05, 0) is 18.6 Å². The van der Waals surface area contributed by atoms with Crippen LogP contribution < -0.4 is 16.0 Å². The van der Waals surface area contributed by atoms with E-state index in [0.29, 0.717) is 18.6 Å². The standard InChI is InChI=1S/C13H14F5N3O2/c1-19-10(22)3-2-4-20-12(23)21-7-5-8(14)11(9(15)6-7)13(16,17)18/h5-6H,2-4H2,1H3,(H,19,22)(H2,20,21,23). The molecule has 0 radical (unpaired) electrons. The molecule has 0 saturated heterocycles. The topological polar surface area (TPSA) is 70.2 Å². The molecule has 0 heterocycles. The van der Waals surface area contributed by atoms with Crippen molar-refractivity contribution in [2.45, 2.75) is 19.0 Å². The quantitative estimate of drug-likeness (QED) is 0.570. The van der Waals surface area contributed by atoms with Crippen molar-refractivity contribution >= 4 is 17.6 Å². The van der Waals surface area contributed by atoms with E-state index in [4.69, 9.17) is 0 Å². The summed E-state index contributed by atoms with van der Waals surface area (Å²) in [4.78, 5) is 22.4. The Morgan fingerprint density at radius 2 is 1.70 bits per heavy atom. The van der Waals surface area contributed by atoms with Crippen LogP contribution in [0.25, 0.3) is 0 Å². The zero-order valence-corrected chi connectivity index (χ0v) is 12.0. The van der Waals surface area contributed by atoms with Gasteiger partial charge in [0.2, 0.25) is 5.91 Å². The van der Waals surface area contributed by atoms with E-state index in [1.807, 2.05) is 5.32 Å². The molecule has 0 aliphatic heterocycles. The lowest BCUT2D eigenvalue weighted by Gasteiger charge is -2.12. The number of hydrogen-bond acceptors (Lipinski definition) is 2. The number of anilines is 1. The Hall–Kier alpha value is -2.39. The third-order valence-electron chi connectivity index (χ3n) is 2.73. The smallest absolute Gasteiger partial charge is 0.359 e. The van der Waals surface area contributed by atoms with Crippen LogP contribution in [0.15, 0.2) is 12.1 Å². The number of carbonyl (C=O) groups is 2. The van der Waals surface area contributed by atoms with Gasteiger partial charge >= 0.3 is 12.2 Å². The first-order chi connectivity index (χ1) is 10.6. The van der Waals surface area contributed by atoms with Gasteiger partial charge in [-0.25, -0.2) is 13.6 Å². The second-order valence-corrected chi connectivity index (χ2v) is 4.47. The van der Waals surface area contributed by atoms with Crippen molar-refractivity contribution in [2.75, 3.05) is 18.9 Å². The van der Waals surface area contributed by atoms with Crippen molar-refractivity contribution in [3.63, 3.8) is 0 Å². The summed E-state index contributed by atoms with van der Waals surface area (Å²) in [6.45, 7) is 0.102. The number of halogens is 5. The van der Waals surface area contributed by atoms with Crippen LogP contribution in [0.5, 0.6) is 0 Å². The van der Waals surface area contributed by atoms with Crippen LogP contribution in [0, 0.1) is 11.6 Å². The summed E-state index contributed by atoms with van der Waals surface area (Å²) >= 11 is 0. The first-order valence-electron chi connectivity index (χ1n) is 6.46. The number of alkyl halides is 3. The second kappa shape index (κ2) is 7.75. The Morgan fingerprint density at radius 1 is 1.13 bits per heavy atom. The molecule has 3 amide bonds. The van der Waals surface area contributed by atoms with Crippen LogP contribution in [0.2, 0.25) is 0 Å². The Bertz CT molecular complexity index is 566. The predicted octanol–water partition coefficient (Wildman–Crippen LogP) is 2.63. The van der Waals surface area contributed by atoms with E-state index in [2.05, 4.69) is 10.6 Å². The molecule has 0 aliphatic carbocycles. The van der Waals surface area contributed by atoms with Crippen LogP contribution in [0.3, 0.4) is 0 Å². The Labute approximate surface area is 128 Å². The minimum Gasteiger partial charge on any atom is -0.359 e. The Morgan fingerprint density at radius 3 is 2.17 bits per heavy atom. The number of hydrogen-bond donors (Lipinski definition) is 3. The Balaban J connectivity index is 2.61. The summed E-state index contributed by atoms with van der Waals surface area (Å²) in [5.74, 6) is -3.88.